The number of aryl methyl sites for hydroxylation is 1. The van der Waals surface area contributed by atoms with Crippen molar-refractivity contribution in [3.63, 3.8) is 0 Å². The van der Waals surface area contributed by atoms with Gasteiger partial charge in [-0.1, -0.05) is 10.3 Å². The van der Waals surface area contributed by atoms with E-state index in [-0.39, 0.29) is 22.2 Å². The summed E-state index contributed by atoms with van der Waals surface area (Å²) in [5.74, 6) is -0.312. The number of rotatable bonds is 4. The maximum Gasteiger partial charge on any atom is 0.278 e. The molecule has 0 saturated heterocycles. The smallest absolute Gasteiger partial charge is 0.278 e. The second-order valence-electron chi connectivity index (χ2n) is 5.88. The third-order valence-corrected chi connectivity index (χ3v) is 4.08. The lowest BCUT2D eigenvalue weighted by Gasteiger charge is -2.18. The highest BCUT2D eigenvalue weighted by Crippen LogP contribution is 2.25. The molecule has 26 heavy (non-hydrogen) atoms. The van der Waals surface area contributed by atoms with E-state index >= 15 is 0 Å². The van der Waals surface area contributed by atoms with Crippen LogP contribution in [0.4, 0.5) is 5.82 Å². The zero-order valence-electron chi connectivity index (χ0n) is 13.9. The molecule has 0 aromatic carbocycles. The summed E-state index contributed by atoms with van der Waals surface area (Å²) in [4.78, 5) is 27.4. The zero-order valence-corrected chi connectivity index (χ0v) is 13.9. The van der Waals surface area contributed by atoms with Gasteiger partial charge in [-0.05, 0) is 42.7 Å². The molecule has 2 N–H and O–H groups in total. The SMILES string of the molecule is Cc1cc(NC(=O)C(/C=C2\CCCCC2[N+](=O)[O-])=N/O)n2nnnc2n1. The van der Waals surface area contributed by atoms with Crippen LogP contribution in [0.15, 0.2) is 22.9 Å². The molecule has 0 aliphatic heterocycles. The van der Waals surface area contributed by atoms with Gasteiger partial charge in [-0.25, -0.2) is 4.98 Å². The molecule has 3 rings (SSSR count). The minimum atomic E-state index is -0.873. The molecular weight excluding hydrogens is 344 g/mol. The molecule has 0 spiro atoms. The number of nitrogens with one attached hydrogen (secondary N) is 1. The lowest BCUT2D eigenvalue weighted by Crippen LogP contribution is -2.28. The Labute approximate surface area is 146 Å². The van der Waals surface area contributed by atoms with E-state index in [9.17, 15) is 20.1 Å². The van der Waals surface area contributed by atoms with Gasteiger partial charge in [-0.15, -0.1) is 0 Å². The summed E-state index contributed by atoms with van der Waals surface area (Å²) in [5, 5.41) is 36.8. The number of tetrazole rings is 1. The summed E-state index contributed by atoms with van der Waals surface area (Å²) in [6.07, 6.45) is 3.67. The first kappa shape index (κ1) is 17.4. The fourth-order valence-corrected chi connectivity index (χ4v) is 2.87. The monoisotopic (exact) mass is 360 g/mol. The van der Waals surface area contributed by atoms with Crippen molar-refractivity contribution in [2.45, 2.75) is 38.6 Å². The number of nitro groups is 1. The van der Waals surface area contributed by atoms with Gasteiger partial charge in [0.15, 0.2) is 5.71 Å². The molecule has 2 heterocycles. The molecule has 1 aliphatic rings. The molecule has 0 bridgehead atoms. The van der Waals surface area contributed by atoms with Crippen LogP contribution in [0.5, 0.6) is 0 Å². The number of aromatic nitrogens is 5. The highest BCUT2D eigenvalue weighted by molar-refractivity contribution is 6.47. The number of carbonyl (C=O) groups excluding carboxylic acids is 1. The average Bonchev–Trinajstić information content (AvgIpc) is 3.08. The largest absolute Gasteiger partial charge is 0.410 e. The van der Waals surface area contributed by atoms with E-state index in [1.165, 1.54) is 10.6 Å². The summed E-state index contributed by atoms with van der Waals surface area (Å²) < 4.78 is 1.22. The van der Waals surface area contributed by atoms with E-state index in [1.54, 1.807) is 13.0 Å². The van der Waals surface area contributed by atoms with E-state index in [0.29, 0.717) is 24.1 Å². The van der Waals surface area contributed by atoms with E-state index in [0.717, 1.165) is 12.8 Å². The van der Waals surface area contributed by atoms with Gasteiger partial charge >= 0.3 is 0 Å². The normalized spacial score (nSPS) is 19.7. The van der Waals surface area contributed by atoms with Crippen molar-refractivity contribution >= 4 is 23.2 Å². The van der Waals surface area contributed by atoms with Crippen molar-refractivity contribution in [3.05, 3.63) is 33.5 Å². The highest BCUT2D eigenvalue weighted by atomic mass is 16.6. The predicted octanol–water partition coefficient (Wildman–Crippen LogP) is 0.742. The molecule has 12 nitrogen and oxygen atoms in total. The molecule has 2 aromatic heterocycles. The van der Waals surface area contributed by atoms with Gasteiger partial charge in [0.25, 0.3) is 11.7 Å². The van der Waals surface area contributed by atoms with Gasteiger partial charge < -0.3 is 10.5 Å². The number of oxime groups is 1. The Morgan fingerprint density at radius 3 is 3.08 bits per heavy atom. The van der Waals surface area contributed by atoms with Crippen LogP contribution in [0.3, 0.4) is 0 Å². The van der Waals surface area contributed by atoms with Crippen molar-refractivity contribution in [3.8, 4) is 0 Å². The van der Waals surface area contributed by atoms with Gasteiger partial charge in [0.05, 0.1) is 0 Å². The highest BCUT2D eigenvalue weighted by Gasteiger charge is 2.29. The first-order chi connectivity index (χ1) is 12.5. The van der Waals surface area contributed by atoms with E-state index in [2.05, 4.69) is 31.0 Å². The Kier molecular flexibility index (Phi) is 4.82. The zero-order chi connectivity index (χ0) is 18.7. The summed E-state index contributed by atoms with van der Waals surface area (Å²) >= 11 is 0. The topological polar surface area (TPSA) is 161 Å². The van der Waals surface area contributed by atoms with Gasteiger partial charge in [-0.2, -0.15) is 4.52 Å². The number of amides is 1. The van der Waals surface area contributed by atoms with Crippen LogP contribution in [0.1, 0.15) is 31.4 Å². The molecule has 12 heteroatoms. The second-order valence-corrected chi connectivity index (χ2v) is 5.88. The summed E-state index contributed by atoms with van der Waals surface area (Å²) in [6, 6.07) is 0.673. The number of carbonyl (C=O) groups is 1. The maximum absolute atomic E-state index is 12.5. The first-order valence-corrected chi connectivity index (χ1v) is 7.92. The fourth-order valence-electron chi connectivity index (χ4n) is 2.87. The van der Waals surface area contributed by atoms with E-state index < -0.39 is 11.9 Å². The van der Waals surface area contributed by atoms with Crippen LogP contribution < -0.4 is 5.32 Å². The van der Waals surface area contributed by atoms with Crippen molar-refractivity contribution < 1.29 is 14.9 Å². The molecule has 1 aliphatic carbocycles. The molecule has 136 valence electrons. The van der Waals surface area contributed by atoms with Gasteiger partial charge in [0, 0.05) is 28.7 Å². The van der Waals surface area contributed by atoms with Crippen molar-refractivity contribution in [2.75, 3.05) is 5.32 Å². The molecule has 1 atom stereocenters. The standard InChI is InChI=1S/C14H16N8O4/c1-8-6-12(21-14(15-8)17-19-20-21)16-13(23)10(18-24)7-9-4-2-3-5-11(9)22(25)26/h6-7,11,24H,2-5H2,1H3,(H,16,23)/b9-7+,18-10+. The Hall–Kier alpha value is -3.44. The van der Waals surface area contributed by atoms with Crippen molar-refractivity contribution in [1.29, 1.82) is 0 Å². The number of fused-ring (bicyclic) bond motifs is 1. The second kappa shape index (κ2) is 7.21. The minimum absolute atomic E-state index is 0.196. The number of hydrogen-bond donors (Lipinski definition) is 2. The molecular formula is C14H16N8O4. The number of hydrogen-bond acceptors (Lipinski definition) is 9. The van der Waals surface area contributed by atoms with E-state index in [4.69, 9.17) is 0 Å². The van der Waals surface area contributed by atoms with Crippen LogP contribution >= 0.6 is 0 Å². The number of nitrogens with zero attached hydrogens (tertiary/aromatic N) is 7. The van der Waals surface area contributed by atoms with Crippen molar-refractivity contribution in [2.24, 2.45) is 5.16 Å². The average molecular weight is 360 g/mol. The van der Waals surface area contributed by atoms with Crippen LogP contribution in [0.25, 0.3) is 5.78 Å². The molecule has 1 unspecified atom stereocenters. The first-order valence-electron chi connectivity index (χ1n) is 7.92. The van der Waals surface area contributed by atoms with Crippen molar-refractivity contribution in [1.82, 2.24) is 25.0 Å². The minimum Gasteiger partial charge on any atom is -0.410 e. The molecule has 1 saturated carbocycles. The lowest BCUT2D eigenvalue weighted by molar-refractivity contribution is -0.514. The Morgan fingerprint density at radius 2 is 2.35 bits per heavy atom. The Morgan fingerprint density at radius 1 is 1.54 bits per heavy atom. The van der Waals surface area contributed by atoms with Crippen LogP contribution in [-0.2, 0) is 4.79 Å². The fraction of sp³-hybridized carbons (Fsp3) is 0.429. The Balaban J connectivity index is 1.86. The molecule has 1 amide bonds. The van der Waals surface area contributed by atoms with Gasteiger partial charge in [0.1, 0.15) is 5.82 Å². The predicted molar refractivity (Wildman–Crippen MR) is 88.5 cm³/mol. The lowest BCUT2D eigenvalue weighted by atomic mass is 9.89. The number of anilines is 1. The van der Waals surface area contributed by atoms with Crippen LogP contribution in [-0.4, -0.2) is 52.8 Å². The molecule has 0 radical (unpaired) electrons. The Bertz CT molecular complexity index is 919. The van der Waals surface area contributed by atoms with Gasteiger partial charge in [-0.3, -0.25) is 14.9 Å². The summed E-state index contributed by atoms with van der Waals surface area (Å²) in [6.45, 7) is 1.71. The third-order valence-electron chi connectivity index (χ3n) is 4.08. The van der Waals surface area contributed by atoms with Gasteiger partial charge in [0.2, 0.25) is 6.04 Å². The third kappa shape index (κ3) is 3.48. The van der Waals surface area contributed by atoms with Crippen LogP contribution in [0.2, 0.25) is 0 Å². The quantitative estimate of drug-likeness (QED) is 0.349. The summed E-state index contributed by atoms with van der Waals surface area (Å²) in [5.41, 5.74) is 0.705. The van der Waals surface area contributed by atoms with E-state index in [1.807, 2.05) is 0 Å². The molecule has 2 aromatic rings. The molecule has 1 fully saturated rings. The summed E-state index contributed by atoms with van der Waals surface area (Å²) in [7, 11) is 0. The maximum atomic E-state index is 12.5. The van der Waals surface area contributed by atoms with Crippen LogP contribution in [0, 0.1) is 17.0 Å².